The van der Waals surface area contributed by atoms with Crippen LogP contribution in [0.5, 0.6) is 0 Å². The van der Waals surface area contributed by atoms with Crippen molar-refractivity contribution in [1.82, 2.24) is 14.9 Å². The first-order chi connectivity index (χ1) is 12.6. The minimum Gasteiger partial charge on any atom is -0.480 e. The zero-order valence-corrected chi connectivity index (χ0v) is 16.0. The monoisotopic (exact) mass is 397 g/mol. The van der Waals surface area contributed by atoms with Crippen molar-refractivity contribution in [2.75, 3.05) is 13.1 Å². The van der Waals surface area contributed by atoms with E-state index in [0.717, 1.165) is 17.7 Å². The number of benzene rings is 1. The van der Waals surface area contributed by atoms with Gasteiger partial charge < -0.3 is 15.3 Å². The lowest BCUT2D eigenvalue weighted by molar-refractivity contribution is -0.141. The molecule has 1 aromatic carbocycles. The fourth-order valence-electron chi connectivity index (χ4n) is 2.41. The van der Waals surface area contributed by atoms with Crippen molar-refractivity contribution >= 4 is 27.8 Å². The standard InChI is InChI=1S/C17H23N3O6S/c1-11(17(23)24)20(9-8-18-12(2)21)16(22)13-4-3-5-15(10-13)27(25,26)19-14-6-7-14/h3-5,10-11,14,19H,6-9H2,1-2H3,(H,18,21)(H,23,24). The van der Waals surface area contributed by atoms with Gasteiger partial charge in [-0.2, -0.15) is 0 Å². The number of carboxylic acids is 1. The fraction of sp³-hybridized carbons (Fsp3) is 0.471. The molecule has 1 aliphatic rings. The van der Waals surface area contributed by atoms with E-state index in [4.69, 9.17) is 0 Å². The molecule has 27 heavy (non-hydrogen) atoms. The molecular formula is C17H23N3O6S. The summed E-state index contributed by atoms with van der Waals surface area (Å²) < 4.78 is 27.2. The van der Waals surface area contributed by atoms with Crippen molar-refractivity contribution in [3.63, 3.8) is 0 Å². The number of carboxylic acid groups (broad SMARTS) is 1. The van der Waals surface area contributed by atoms with Crippen LogP contribution < -0.4 is 10.0 Å². The summed E-state index contributed by atoms with van der Waals surface area (Å²) >= 11 is 0. The Labute approximate surface area is 157 Å². The first kappa shape index (κ1) is 20.8. The molecule has 1 fully saturated rings. The molecule has 1 atom stereocenters. The summed E-state index contributed by atoms with van der Waals surface area (Å²) in [6, 6.07) is 4.26. The Balaban J connectivity index is 2.24. The third kappa shape index (κ3) is 5.76. The summed E-state index contributed by atoms with van der Waals surface area (Å²) in [5.41, 5.74) is 0.0598. The molecule has 2 amide bonds. The molecule has 0 heterocycles. The number of carbonyl (C=O) groups is 3. The first-order valence-corrected chi connectivity index (χ1v) is 10.0. The SMILES string of the molecule is CC(=O)NCCN(C(=O)c1cccc(S(=O)(=O)NC2CC2)c1)C(C)C(=O)O. The number of nitrogens with one attached hydrogen (secondary N) is 2. The highest BCUT2D eigenvalue weighted by Crippen LogP contribution is 2.23. The zero-order valence-electron chi connectivity index (χ0n) is 15.1. The van der Waals surface area contributed by atoms with Crippen molar-refractivity contribution in [2.24, 2.45) is 0 Å². The number of sulfonamides is 1. The maximum Gasteiger partial charge on any atom is 0.326 e. The number of carbonyl (C=O) groups excluding carboxylic acids is 2. The van der Waals surface area contributed by atoms with Crippen LogP contribution in [-0.2, 0) is 19.6 Å². The van der Waals surface area contributed by atoms with Crippen LogP contribution in [0.1, 0.15) is 37.0 Å². The van der Waals surface area contributed by atoms with Crippen LogP contribution in [-0.4, -0.2) is 61.4 Å². The van der Waals surface area contributed by atoms with Crippen LogP contribution >= 0.6 is 0 Å². The molecule has 0 aliphatic heterocycles. The molecule has 0 saturated heterocycles. The summed E-state index contributed by atoms with van der Waals surface area (Å²) in [5.74, 6) is -2.13. The second-order valence-electron chi connectivity index (χ2n) is 6.42. The second kappa shape index (κ2) is 8.49. The van der Waals surface area contributed by atoms with Crippen LogP contribution in [0.15, 0.2) is 29.2 Å². The molecule has 0 spiro atoms. The lowest BCUT2D eigenvalue weighted by atomic mass is 10.1. The maximum atomic E-state index is 12.8. The summed E-state index contributed by atoms with van der Waals surface area (Å²) in [6.45, 7) is 2.72. The van der Waals surface area contributed by atoms with Crippen molar-refractivity contribution in [3.8, 4) is 0 Å². The summed E-state index contributed by atoms with van der Waals surface area (Å²) in [4.78, 5) is 36.2. The Morgan fingerprint density at radius 1 is 1.30 bits per heavy atom. The summed E-state index contributed by atoms with van der Waals surface area (Å²) in [7, 11) is -3.74. The van der Waals surface area contributed by atoms with Crippen molar-refractivity contribution in [1.29, 1.82) is 0 Å². The quantitative estimate of drug-likeness (QED) is 0.544. The molecule has 0 bridgehead atoms. The Morgan fingerprint density at radius 3 is 2.52 bits per heavy atom. The van der Waals surface area contributed by atoms with Gasteiger partial charge in [0.2, 0.25) is 15.9 Å². The Bertz CT molecular complexity index is 835. The average Bonchev–Trinajstić information content (AvgIpc) is 3.40. The summed E-state index contributed by atoms with van der Waals surface area (Å²) in [5, 5.41) is 11.8. The van der Waals surface area contributed by atoms with Gasteiger partial charge in [0.05, 0.1) is 4.90 Å². The highest BCUT2D eigenvalue weighted by Gasteiger charge is 2.30. The van der Waals surface area contributed by atoms with E-state index >= 15 is 0 Å². The molecular weight excluding hydrogens is 374 g/mol. The number of amides is 2. The van der Waals surface area contributed by atoms with Crippen LogP contribution in [0.2, 0.25) is 0 Å². The normalized spacial score (nSPS) is 15.0. The van der Waals surface area contributed by atoms with E-state index in [2.05, 4.69) is 10.0 Å². The third-order valence-corrected chi connectivity index (χ3v) is 5.62. The van der Waals surface area contributed by atoms with Gasteiger partial charge in [0, 0.05) is 31.6 Å². The lowest BCUT2D eigenvalue weighted by Crippen LogP contribution is -2.46. The minimum atomic E-state index is -3.74. The van der Waals surface area contributed by atoms with E-state index in [9.17, 15) is 27.9 Å². The van der Waals surface area contributed by atoms with Gasteiger partial charge in [-0.1, -0.05) is 6.07 Å². The van der Waals surface area contributed by atoms with Crippen LogP contribution in [0, 0.1) is 0 Å². The average molecular weight is 397 g/mol. The molecule has 10 heteroatoms. The number of hydrogen-bond donors (Lipinski definition) is 3. The Kier molecular flexibility index (Phi) is 6.55. The second-order valence-corrected chi connectivity index (χ2v) is 8.13. The molecule has 1 saturated carbocycles. The van der Waals surface area contributed by atoms with Crippen LogP contribution in [0.25, 0.3) is 0 Å². The van der Waals surface area contributed by atoms with Gasteiger partial charge in [-0.3, -0.25) is 9.59 Å². The number of nitrogens with zero attached hydrogens (tertiary/aromatic N) is 1. The maximum absolute atomic E-state index is 12.8. The smallest absolute Gasteiger partial charge is 0.326 e. The van der Waals surface area contributed by atoms with E-state index in [-0.39, 0.29) is 35.5 Å². The fourth-order valence-corrected chi connectivity index (χ4v) is 3.76. The van der Waals surface area contributed by atoms with Crippen molar-refractivity contribution < 1.29 is 27.9 Å². The topological polar surface area (TPSA) is 133 Å². The highest BCUT2D eigenvalue weighted by molar-refractivity contribution is 7.89. The number of rotatable bonds is 9. The molecule has 0 radical (unpaired) electrons. The van der Waals surface area contributed by atoms with E-state index in [1.54, 1.807) is 0 Å². The molecule has 1 unspecified atom stereocenters. The van der Waals surface area contributed by atoms with Crippen molar-refractivity contribution in [3.05, 3.63) is 29.8 Å². The predicted octanol–water partition coefficient (Wildman–Crippen LogP) is 0.179. The molecule has 3 N–H and O–H groups in total. The molecule has 1 aromatic rings. The molecule has 148 valence electrons. The zero-order chi connectivity index (χ0) is 20.2. The van der Waals surface area contributed by atoms with Crippen molar-refractivity contribution in [2.45, 2.75) is 43.7 Å². The predicted molar refractivity (Wildman–Crippen MR) is 96.6 cm³/mol. The van der Waals surface area contributed by atoms with Gasteiger partial charge in [-0.25, -0.2) is 17.9 Å². The first-order valence-electron chi connectivity index (χ1n) is 8.52. The molecule has 9 nitrogen and oxygen atoms in total. The van der Waals surface area contributed by atoms with E-state index in [0.29, 0.717) is 0 Å². The Morgan fingerprint density at radius 2 is 1.96 bits per heavy atom. The van der Waals surface area contributed by atoms with Crippen LogP contribution in [0.4, 0.5) is 0 Å². The van der Waals surface area contributed by atoms with Gasteiger partial charge in [0.15, 0.2) is 0 Å². The van der Waals surface area contributed by atoms with Gasteiger partial charge in [-0.05, 0) is 38.0 Å². The van der Waals surface area contributed by atoms with Gasteiger partial charge in [0.25, 0.3) is 5.91 Å². The third-order valence-electron chi connectivity index (χ3n) is 4.10. The largest absolute Gasteiger partial charge is 0.480 e. The van der Waals surface area contributed by atoms with E-state index < -0.39 is 27.9 Å². The molecule has 2 rings (SSSR count). The van der Waals surface area contributed by atoms with E-state index in [1.807, 2.05) is 0 Å². The van der Waals surface area contributed by atoms with Gasteiger partial charge in [0.1, 0.15) is 6.04 Å². The van der Waals surface area contributed by atoms with Gasteiger partial charge in [-0.15, -0.1) is 0 Å². The molecule has 1 aliphatic carbocycles. The van der Waals surface area contributed by atoms with E-state index in [1.165, 1.54) is 38.1 Å². The number of hydrogen-bond acceptors (Lipinski definition) is 5. The van der Waals surface area contributed by atoms with Crippen LogP contribution in [0.3, 0.4) is 0 Å². The Hall–Kier alpha value is -2.46. The summed E-state index contributed by atoms with van der Waals surface area (Å²) in [6.07, 6.45) is 1.57. The minimum absolute atomic E-state index is 0.0246. The number of aliphatic carboxylic acids is 1. The highest BCUT2D eigenvalue weighted by atomic mass is 32.2. The lowest BCUT2D eigenvalue weighted by Gasteiger charge is -2.26. The molecule has 0 aromatic heterocycles. The van der Waals surface area contributed by atoms with Gasteiger partial charge >= 0.3 is 5.97 Å².